The molecule has 1 aliphatic rings. The highest BCUT2D eigenvalue weighted by atomic mass is 16.4. The normalized spacial score (nSPS) is 25.4. The fourth-order valence-electron chi connectivity index (χ4n) is 4.54. The molecule has 1 aromatic carbocycles. The third-order valence-electron chi connectivity index (χ3n) is 6.55. The molecular formula is C28H41N3O5. The van der Waals surface area contributed by atoms with Crippen LogP contribution in [0.25, 0.3) is 0 Å². The zero-order valence-electron chi connectivity index (χ0n) is 21.7. The van der Waals surface area contributed by atoms with E-state index in [1.807, 2.05) is 56.3 Å². The van der Waals surface area contributed by atoms with Gasteiger partial charge in [0.2, 0.25) is 17.7 Å². The third kappa shape index (κ3) is 9.84. The average Bonchev–Trinajstić information content (AvgIpc) is 2.84. The highest BCUT2D eigenvalue weighted by Gasteiger charge is 2.32. The lowest BCUT2D eigenvalue weighted by Gasteiger charge is -2.26. The van der Waals surface area contributed by atoms with Crippen LogP contribution in [-0.4, -0.2) is 47.9 Å². The zero-order chi connectivity index (χ0) is 26.5. The second kappa shape index (κ2) is 15.1. The van der Waals surface area contributed by atoms with Crippen LogP contribution in [-0.2, 0) is 25.6 Å². The Morgan fingerprint density at radius 3 is 2.42 bits per heavy atom. The van der Waals surface area contributed by atoms with Gasteiger partial charge in [0.05, 0.1) is 0 Å². The minimum Gasteiger partial charge on any atom is -0.480 e. The lowest BCUT2D eigenvalue weighted by atomic mass is 9.91. The number of hydrogen-bond acceptors (Lipinski definition) is 4. The van der Waals surface area contributed by atoms with Crippen LogP contribution in [0.4, 0.5) is 0 Å². The highest BCUT2D eigenvalue weighted by molar-refractivity contribution is 5.91. The van der Waals surface area contributed by atoms with Gasteiger partial charge in [0.25, 0.3) is 0 Å². The SMILES string of the molecule is CNC(=O)C1C/C=C/CCCCC(Cc2ccccc2)C(=O)N[C@@H](CC(C)C)C(=O)NC(C(=O)O)C1. The van der Waals surface area contributed by atoms with E-state index in [-0.39, 0.29) is 30.1 Å². The molecule has 0 saturated carbocycles. The van der Waals surface area contributed by atoms with Crippen LogP contribution in [0.3, 0.4) is 0 Å². The molecule has 4 atom stereocenters. The van der Waals surface area contributed by atoms with E-state index in [1.54, 1.807) is 0 Å². The predicted octanol–water partition coefficient (Wildman–Crippen LogP) is 3.22. The first kappa shape index (κ1) is 29.1. The molecule has 0 saturated heterocycles. The van der Waals surface area contributed by atoms with Crippen molar-refractivity contribution in [2.75, 3.05) is 7.05 Å². The molecule has 198 valence electrons. The van der Waals surface area contributed by atoms with Crippen molar-refractivity contribution in [1.82, 2.24) is 16.0 Å². The van der Waals surface area contributed by atoms with Crippen molar-refractivity contribution < 1.29 is 24.3 Å². The van der Waals surface area contributed by atoms with Crippen molar-refractivity contribution in [3.63, 3.8) is 0 Å². The summed E-state index contributed by atoms with van der Waals surface area (Å²) in [6.45, 7) is 3.89. The number of rotatable bonds is 6. The number of amides is 3. The van der Waals surface area contributed by atoms with E-state index in [9.17, 15) is 24.3 Å². The maximum absolute atomic E-state index is 13.4. The van der Waals surface area contributed by atoms with Crippen LogP contribution < -0.4 is 16.0 Å². The van der Waals surface area contributed by atoms with Crippen LogP contribution in [0.5, 0.6) is 0 Å². The summed E-state index contributed by atoms with van der Waals surface area (Å²) in [7, 11) is 1.51. The van der Waals surface area contributed by atoms with Gasteiger partial charge < -0.3 is 21.1 Å². The molecule has 1 aliphatic heterocycles. The average molecular weight is 500 g/mol. The molecule has 36 heavy (non-hydrogen) atoms. The van der Waals surface area contributed by atoms with Crippen LogP contribution in [0.2, 0.25) is 0 Å². The number of carbonyl (C=O) groups excluding carboxylic acids is 3. The smallest absolute Gasteiger partial charge is 0.326 e. The van der Waals surface area contributed by atoms with Gasteiger partial charge in [0.15, 0.2) is 0 Å². The molecule has 3 amide bonds. The molecular weight excluding hydrogens is 458 g/mol. The van der Waals surface area contributed by atoms with E-state index >= 15 is 0 Å². The number of carboxylic acids is 1. The fourth-order valence-corrected chi connectivity index (χ4v) is 4.54. The third-order valence-corrected chi connectivity index (χ3v) is 6.55. The first-order valence-corrected chi connectivity index (χ1v) is 12.9. The summed E-state index contributed by atoms with van der Waals surface area (Å²) >= 11 is 0. The molecule has 2 rings (SSSR count). The summed E-state index contributed by atoms with van der Waals surface area (Å²) in [6, 6.07) is 7.71. The molecule has 0 fully saturated rings. The summed E-state index contributed by atoms with van der Waals surface area (Å²) in [6.07, 6.45) is 8.46. The van der Waals surface area contributed by atoms with E-state index in [4.69, 9.17) is 0 Å². The summed E-state index contributed by atoms with van der Waals surface area (Å²) in [4.78, 5) is 51.0. The van der Waals surface area contributed by atoms with E-state index in [1.165, 1.54) is 7.05 Å². The quantitative estimate of drug-likeness (QED) is 0.448. The topological polar surface area (TPSA) is 125 Å². The Kier molecular flexibility index (Phi) is 12.2. The van der Waals surface area contributed by atoms with Gasteiger partial charge in [-0.05, 0) is 56.4 Å². The number of benzene rings is 1. The minimum absolute atomic E-state index is 0.0376. The van der Waals surface area contributed by atoms with Gasteiger partial charge in [-0.1, -0.05) is 62.8 Å². The second-order valence-corrected chi connectivity index (χ2v) is 10.0. The molecule has 0 radical (unpaired) electrons. The molecule has 0 aromatic heterocycles. The Labute approximate surface area is 214 Å². The first-order chi connectivity index (χ1) is 17.2. The van der Waals surface area contributed by atoms with E-state index < -0.39 is 29.9 Å². The number of aliphatic carboxylic acids is 1. The Morgan fingerprint density at radius 1 is 1.06 bits per heavy atom. The standard InChI is InChI=1S/C28H41N3O5/c1-19(2)16-23-27(34)31-24(28(35)36)18-22(25(32)29-3)15-11-6-4-5-10-14-21(26(33)30-23)17-20-12-8-7-9-13-20/h6-9,11-13,19,21-24H,4-5,10,14-18H2,1-3H3,(H,29,32)(H,30,33)(H,31,34)(H,35,36)/b11-6+/t21?,22?,23-,24?/m0/s1. The van der Waals surface area contributed by atoms with Crippen molar-refractivity contribution >= 4 is 23.7 Å². The summed E-state index contributed by atoms with van der Waals surface area (Å²) < 4.78 is 0. The Hall–Kier alpha value is -3.16. The fraction of sp³-hybridized carbons (Fsp3) is 0.571. The van der Waals surface area contributed by atoms with Gasteiger partial charge >= 0.3 is 5.97 Å². The Bertz CT molecular complexity index is 900. The first-order valence-electron chi connectivity index (χ1n) is 12.9. The molecule has 1 aromatic rings. The van der Waals surface area contributed by atoms with E-state index in [0.717, 1.165) is 24.8 Å². The Morgan fingerprint density at radius 2 is 1.78 bits per heavy atom. The van der Waals surface area contributed by atoms with Crippen molar-refractivity contribution in [3.8, 4) is 0 Å². The molecule has 0 spiro atoms. The van der Waals surface area contributed by atoms with Crippen LogP contribution in [0.15, 0.2) is 42.5 Å². The molecule has 1 heterocycles. The monoisotopic (exact) mass is 499 g/mol. The summed E-state index contributed by atoms with van der Waals surface area (Å²) in [5.74, 6) is -2.99. The van der Waals surface area contributed by atoms with E-state index in [2.05, 4.69) is 16.0 Å². The maximum Gasteiger partial charge on any atom is 0.326 e. The number of carboxylic acid groups (broad SMARTS) is 1. The minimum atomic E-state index is -1.24. The predicted molar refractivity (Wildman–Crippen MR) is 139 cm³/mol. The van der Waals surface area contributed by atoms with Crippen LogP contribution >= 0.6 is 0 Å². The molecule has 4 N–H and O–H groups in total. The van der Waals surface area contributed by atoms with Crippen LogP contribution in [0, 0.1) is 17.8 Å². The zero-order valence-corrected chi connectivity index (χ0v) is 21.7. The Balaban J connectivity index is 2.31. The summed E-state index contributed by atoms with van der Waals surface area (Å²) in [5, 5.41) is 17.9. The van der Waals surface area contributed by atoms with E-state index in [0.29, 0.717) is 25.7 Å². The second-order valence-electron chi connectivity index (χ2n) is 10.0. The van der Waals surface area contributed by atoms with Gasteiger partial charge in [-0.2, -0.15) is 0 Å². The van der Waals surface area contributed by atoms with Gasteiger partial charge in [0, 0.05) is 18.9 Å². The summed E-state index contributed by atoms with van der Waals surface area (Å²) in [5.41, 5.74) is 1.06. The van der Waals surface area contributed by atoms with Crippen LogP contribution in [0.1, 0.15) is 64.4 Å². The number of allylic oxidation sites excluding steroid dienone is 2. The maximum atomic E-state index is 13.4. The molecule has 0 aliphatic carbocycles. The van der Waals surface area contributed by atoms with Gasteiger partial charge in [-0.15, -0.1) is 0 Å². The van der Waals surface area contributed by atoms with Gasteiger partial charge in [0.1, 0.15) is 12.1 Å². The van der Waals surface area contributed by atoms with Gasteiger partial charge in [-0.25, -0.2) is 4.79 Å². The van der Waals surface area contributed by atoms with Crippen molar-refractivity contribution in [1.29, 1.82) is 0 Å². The molecule has 8 heteroatoms. The largest absolute Gasteiger partial charge is 0.480 e. The number of hydrogen-bond donors (Lipinski definition) is 4. The lowest BCUT2D eigenvalue weighted by molar-refractivity contribution is -0.143. The van der Waals surface area contributed by atoms with Crippen molar-refractivity contribution in [3.05, 3.63) is 48.0 Å². The molecule has 3 unspecified atom stereocenters. The van der Waals surface area contributed by atoms with Gasteiger partial charge in [-0.3, -0.25) is 14.4 Å². The van der Waals surface area contributed by atoms with Crippen molar-refractivity contribution in [2.24, 2.45) is 17.8 Å². The lowest BCUT2D eigenvalue weighted by Crippen LogP contribution is -2.53. The molecule has 8 nitrogen and oxygen atoms in total. The number of carbonyl (C=O) groups is 4. The molecule has 0 bridgehead atoms. The number of nitrogens with one attached hydrogen (secondary N) is 3. The van der Waals surface area contributed by atoms with Crippen molar-refractivity contribution in [2.45, 2.75) is 77.3 Å². The highest BCUT2D eigenvalue weighted by Crippen LogP contribution is 2.19.